The molecule has 3 heteroatoms. The van der Waals surface area contributed by atoms with E-state index >= 15 is 0 Å². The molecule has 2 nitrogen and oxygen atoms in total. The number of halogens is 1. The first kappa shape index (κ1) is 17.9. The second-order valence-electron chi connectivity index (χ2n) is 7.14. The van der Waals surface area contributed by atoms with Gasteiger partial charge in [0.25, 0.3) is 0 Å². The lowest BCUT2D eigenvalue weighted by molar-refractivity contribution is 0.205. The monoisotopic (exact) mass is 341 g/mol. The Morgan fingerprint density at radius 1 is 1.04 bits per heavy atom. The number of hydrogen-bond acceptors (Lipinski definition) is 2. The van der Waals surface area contributed by atoms with E-state index in [4.69, 9.17) is 4.74 Å². The third-order valence-corrected chi connectivity index (χ3v) is 5.53. The summed E-state index contributed by atoms with van der Waals surface area (Å²) in [5.74, 6) is 0.485. The summed E-state index contributed by atoms with van der Waals surface area (Å²) >= 11 is 0. The molecule has 2 atom stereocenters. The van der Waals surface area contributed by atoms with Crippen molar-refractivity contribution in [3.05, 3.63) is 53.3 Å². The van der Waals surface area contributed by atoms with E-state index in [1.807, 2.05) is 0 Å². The number of benzene rings is 2. The van der Waals surface area contributed by atoms with Crippen LogP contribution in [0.5, 0.6) is 5.75 Å². The van der Waals surface area contributed by atoms with Gasteiger partial charge in [0.2, 0.25) is 0 Å². The highest BCUT2D eigenvalue weighted by atomic mass is 19.1. The van der Waals surface area contributed by atoms with E-state index < -0.39 is 0 Å². The Bertz CT molecular complexity index is 733. The lowest BCUT2D eigenvalue weighted by atomic mass is 9.95. The predicted molar refractivity (Wildman–Crippen MR) is 101 cm³/mol. The Morgan fingerprint density at radius 3 is 2.40 bits per heavy atom. The molecule has 2 aromatic rings. The molecule has 0 unspecified atom stereocenters. The zero-order chi connectivity index (χ0) is 18.0. The quantitative estimate of drug-likeness (QED) is 0.718. The Hall–Kier alpha value is -1.87. The third-order valence-electron chi connectivity index (χ3n) is 5.53. The fourth-order valence-corrected chi connectivity index (χ4v) is 3.86. The summed E-state index contributed by atoms with van der Waals surface area (Å²) in [5.41, 5.74) is 4.09. The highest BCUT2D eigenvalue weighted by molar-refractivity contribution is 5.70. The molecule has 1 fully saturated rings. The topological polar surface area (TPSA) is 12.5 Å². The van der Waals surface area contributed by atoms with E-state index in [0.29, 0.717) is 23.4 Å². The van der Waals surface area contributed by atoms with Crippen LogP contribution < -0.4 is 4.74 Å². The molecule has 2 aromatic carbocycles. The van der Waals surface area contributed by atoms with Crippen LogP contribution in [0, 0.1) is 5.82 Å². The van der Waals surface area contributed by atoms with E-state index in [1.54, 1.807) is 19.2 Å². The zero-order valence-corrected chi connectivity index (χ0v) is 15.7. The molecule has 0 bridgehead atoms. The van der Waals surface area contributed by atoms with Gasteiger partial charge in [-0.2, -0.15) is 0 Å². The summed E-state index contributed by atoms with van der Waals surface area (Å²) in [4.78, 5) is 2.54. The van der Waals surface area contributed by atoms with Crippen LogP contribution in [0.2, 0.25) is 0 Å². The summed E-state index contributed by atoms with van der Waals surface area (Å²) in [6.45, 7) is 7.60. The van der Waals surface area contributed by atoms with Crippen molar-refractivity contribution >= 4 is 0 Å². The summed E-state index contributed by atoms with van der Waals surface area (Å²) in [6.07, 6.45) is 3.45. The lowest BCUT2D eigenvalue weighted by Crippen LogP contribution is -2.32. The molecule has 134 valence electrons. The molecule has 0 aromatic heterocycles. The van der Waals surface area contributed by atoms with Crippen LogP contribution in [-0.2, 0) is 13.0 Å². The van der Waals surface area contributed by atoms with Gasteiger partial charge < -0.3 is 4.74 Å². The van der Waals surface area contributed by atoms with Crippen LogP contribution in [0.4, 0.5) is 4.39 Å². The van der Waals surface area contributed by atoms with Gasteiger partial charge in [-0.25, -0.2) is 4.39 Å². The zero-order valence-electron chi connectivity index (χ0n) is 15.7. The van der Waals surface area contributed by atoms with Crippen molar-refractivity contribution < 1.29 is 9.13 Å². The smallest absolute Gasteiger partial charge is 0.131 e. The van der Waals surface area contributed by atoms with Crippen LogP contribution in [0.3, 0.4) is 0 Å². The second-order valence-corrected chi connectivity index (χ2v) is 7.14. The van der Waals surface area contributed by atoms with Crippen LogP contribution in [0.25, 0.3) is 11.1 Å². The van der Waals surface area contributed by atoms with Crippen molar-refractivity contribution in [2.24, 2.45) is 0 Å². The number of aryl methyl sites for hydroxylation is 1. The molecule has 0 aliphatic carbocycles. The number of ether oxygens (including phenoxy) is 1. The van der Waals surface area contributed by atoms with E-state index in [2.05, 4.69) is 43.9 Å². The molecule has 25 heavy (non-hydrogen) atoms. The fourth-order valence-electron chi connectivity index (χ4n) is 3.86. The molecule has 0 radical (unpaired) electrons. The van der Waals surface area contributed by atoms with E-state index in [-0.39, 0.29) is 5.82 Å². The van der Waals surface area contributed by atoms with Crippen LogP contribution in [0.1, 0.15) is 44.7 Å². The Labute approximate surface area is 150 Å². The van der Waals surface area contributed by atoms with Gasteiger partial charge in [-0.05, 0) is 68.0 Å². The maximum Gasteiger partial charge on any atom is 0.131 e. The normalized spacial score (nSPS) is 20.8. The van der Waals surface area contributed by atoms with Crippen molar-refractivity contribution in [1.82, 2.24) is 4.90 Å². The van der Waals surface area contributed by atoms with Gasteiger partial charge >= 0.3 is 0 Å². The molecule has 1 aliphatic heterocycles. The average Bonchev–Trinajstić information content (AvgIpc) is 2.94. The van der Waals surface area contributed by atoms with Crippen LogP contribution >= 0.6 is 0 Å². The number of likely N-dealkylation sites (tertiary alicyclic amines) is 1. The minimum absolute atomic E-state index is 0.200. The van der Waals surface area contributed by atoms with Crippen LogP contribution in [0.15, 0.2) is 36.4 Å². The van der Waals surface area contributed by atoms with Crippen molar-refractivity contribution in [3.8, 4) is 16.9 Å². The highest BCUT2D eigenvalue weighted by Gasteiger charge is 2.28. The van der Waals surface area contributed by atoms with Crippen molar-refractivity contribution in [2.75, 3.05) is 7.11 Å². The number of nitrogens with zero attached hydrogens (tertiary/aromatic N) is 1. The summed E-state index contributed by atoms with van der Waals surface area (Å²) in [5, 5.41) is 0. The maximum atomic E-state index is 14.6. The summed E-state index contributed by atoms with van der Waals surface area (Å²) in [7, 11) is 1.62. The van der Waals surface area contributed by atoms with E-state index in [9.17, 15) is 4.39 Å². The highest BCUT2D eigenvalue weighted by Crippen LogP contribution is 2.33. The first-order valence-corrected chi connectivity index (χ1v) is 9.25. The van der Waals surface area contributed by atoms with E-state index in [0.717, 1.165) is 18.5 Å². The molecule has 0 N–H and O–H groups in total. The fraction of sp³-hybridized carbons (Fsp3) is 0.455. The molecule has 1 aliphatic rings. The van der Waals surface area contributed by atoms with Gasteiger partial charge in [0.05, 0.1) is 7.11 Å². The minimum atomic E-state index is -0.200. The number of methoxy groups -OCH3 is 1. The molecular formula is C22H28FNO. The maximum absolute atomic E-state index is 14.6. The molecular weight excluding hydrogens is 313 g/mol. The number of hydrogen-bond donors (Lipinski definition) is 0. The Morgan fingerprint density at radius 2 is 1.76 bits per heavy atom. The lowest BCUT2D eigenvalue weighted by Gasteiger charge is -2.27. The minimum Gasteiger partial charge on any atom is -0.497 e. The van der Waals surface area contributed by atoms with Crippen LogP contribution in [-0.4, -0.2) is 24.1 Å². The van der Waals surface area contributed by atoms with E-state index in [1.165, 1.54) is 30.0 Å². The van der Waals surface area contributed by atoms with Gasteiger partial charge in [0, 0.05) is 24.2 Å². The van der Waals surface area contributed by atoms with Gasteiger partial charge in [-0.3, -0.25) is 4.90 Å². The van der Waals surface area contributed by atoms with Gasteiger partial charge in [0.15, 0.2) is 0 Å². The van der Waals surface area contributed by atoms with Crippen molar-refractivity contribution in [2.45, 2.75) is 58.7 Å². The first-order chi connectivity index (χ1) is 12.0. The van der Waals surface area contributed by atoms with Crippen molar-refractivity contribution in [3.63, 3.8) is 0 Å². The van der Waals surface area contributed by atoms with Gasteiger partial charge in [0.1, 0.15) is 11.6 Å². The summed E-state index contributed by atoms with van der Waals surface area (Å²) in [6, 6.07) is 12.5. The second kappa shape index (κ2) is 7.57. The Kier molecular flexibility index (Phi) is 5.43. The molecule has 0 amide bonds. The largest absolute Gasteiger partial charge is 0.497 e. The number of rotatable bonds is 5. The SMILES string of the molecule is CCc1ccc(-c2cc(OC)ccc2F)c(CN2[C@H](C)CC[C@H]2C)c1. The predicted octanol–water partition coefficient (Wildman–Crippen LogP) is 5.44. The molecule has 0 saturated carbocycles. The molecule has 1 saturated heterocycles. The molecule has 1 heterocycles. The molecule has 0 spiro atoms. The average molecular weight is 341 g/mol. The van der Waals surface area contributed by atoms with Gasteiger partial charge in [-0.15, -0.1) is 0 Å². The van der Waals surface area contributed by atoms with Gasteiger partial charge in [-0.1, -0.05) is 25.1 Å². The standard InChI is InChI=1S/C22H28FNO/c1-5-17-8-10-20(21-13-19(25-4)9-11-22(21)23)18(12-17)14-24-15(2)6-7-16(24)3/h8-13,15-16H,5-7,14H2,1-4H3/t15-,16-/m1/s1. The third kappa shape index (κ3) is 3.72. The Balaban J connectivity index is 2.05. The first-order valence-electron chi connectivity index (χ1n) is 9.25. The summed E-state index contributed by atoms with van der Waals surface area (Å²) < 4.78 is 19.9. The van der Waals surface area contributed by atoms with Crippen molar-refractivity contribution in [1.29, 1.82) is 0 Å². The molecule has 3 rings (SSSR count).